The highest BCUT2D eigenvalue weighted by molar-refractivity contribution is 7.03. The Kier molecular flexibility index (Phi) is 4.48. The quantitative estimate of drug-likeness (QED) is 0.549. The molecule has 0 N–H and O–H groups in total. The van der Waals surface area contributed by atoms with Crippen molar-refractivity contribution in [3.8, 4) is 0 Å². The van der Waals surface area contributed by atoms with Crippen LogP contribution in [0.4, 0.5) is 0 Å². The first-order valence-corrected chi connectivity index (χ1v) is 14.8. The van der Waals surface area contributed by atoms with Crippen LogP contribution in [0, 0.1) is 0 Å². The predicted molar refractivity (Wildman–Crippen MR) is 108 cm³/mol. The molecule has 0 fully saturated rings. The number of rotatable bonds is 4. The first-order valence-electron chi connectivity index (χ1n) is 8.69. The number of allylic oxidation sites excluding steroid dienone is 2. The van der Waals surface area contributed by atoms with Crippen molar-refractivity contribution in [1.29, 1.82) is 0 Å². The molecule has 0 saturated heterocycles. The van der Waals surface area contributed by atoms with Gasteiger partial charge in [-0.25, -0.2) is 0 Å². The van der Waals surface area contributed by atoms with Gasteiger partial charge < -0.3 is 0 Å². The van der Waals surface area contributed by atoms with Crippen molar-refractivity contribution < 1.29 is 0 Å². The van der Waals surface area contributed by atoms with Gasteiger partial charge in [-0.15, -0.1) is 0 Å². The number of benzene rings is 2. The van der Waals surface area contributed by atoms with Gasteiger partial charge in [0.1, 0.15) is 8.07 Å². The third-order valence-corrected chi connectivity index (χ3v) is 11.6. The van der Waals surface area contributed by atoms with Crippen LogP contribution in [0.2, 0.25) is 37.8 Å². The summed E-state index contributed by atoms with van der Waals surface area (Å²) in [6.07, 6.45) is 0. The lowest BCUT2D eigenvalue weighted by Crippen LogP contribution is -2.56. The van der Waals surface area contributed by atoms with Gasteiger partial charge in [0.2, 0.25) is 0 Å². The van der Waals surface area contributed by atoms with Crippen LogP contribution in [0.1, 0.15) is 6.92 Å². The molecular weight excluding hydrogens is 308 g/mol. The van der Waals surface area contributed by atoms with E-state index in [0.717, 1.165) is 0 Å². The van der Waals surface area contributed by atoms with E-state index in [9.17, 15) is 0 Å². The molecule has 23 heavy (non-hydrogen) atoms. The molecule has 2 heteroatoms. The molecule has 0 aliphatic carbocycles. The topological polar surface area (TPSA) is 0 Å². The van der Waals surface area contributed by atoms with Crippen molar-refractivity contribution in [1.82, 2.24) is 0 Å². The van der Waals surface area contributed by atoms with Gasteiger partial charge in [0.25, 0.3) is 0 Å². The maximum Gasteiger partial charge on any atom is 0.125 e. The van der Waals surface area contributed by atoms with E-state index in [-0.39, 0.29) is 0 Å². The minimum atomic E-state index is -1.66. The Labute approximate surface area is 143 Å². The Hall–Kier alpha value is -1.39. The molecule has 0 nitrogen and oxygen atoms in total. The summed E-state index contributed by atoms with van der Waals surface area (Å²) in [6.45, 7) is 9.90. The van der Waals surface area contributed by atoms with E-state index >= 15 is 0 Å². The molecule has 0 saturated carbocycles. The highest BCUT2D eigenvalue weighted by atomic mass is 28.3. The predicted octanol–water partition coefficient (Wildman–Crippen LogP) is 4.92. The number of hydrogen-bond donors (Lipinski definition) is 0. The fourth-order valence-corrected chi connectivity index (χ4v) is 11.3. The molecule has 120 valence electrons. The monoisotopic (exact) mass is 336 g/mol. The van der Waals surface area contributed by atoms with Gasteiger partial charge in [-0.05, 0) is 25.1 Å². The van der Waals surface area contributed by atoms with Crippen LogP contribution in [0.5, 0.6) is 0 Å². The summed E-state index contributed by atoms with van der Waals surface area (Å²) in [6, 6.07) is 26.7. The van der Waals surface area contributed by atoms with E-state index in [4.69, 9.17) is 0 Å². The molecule has 0 bridgehead atoms. The smallest absolute Gasteiger partial charge is 0.0767 e. The zero-order chi connectivity index (χ0) is 16.5. The van der Waals surface area contributed by atoms with Gasteiger partial charge in [-0.1, -0.05) is 102 Å². The van der Waals surface area contributed by atoms with E-state index in [0.29, 0.717) is 0 Å². The lowest BCUT2D eigenvalue weighted by molar-refractivity contribution is 1.24. The largest absolute Gasteiger partial charge is 0.125 e. The van der Waals surface area contributed by atoms with Crippen LogP contribution in [-0.2, 0) is 0 Å². The Bertz CT molecular complexity index is 654. The van der Waals surface area contributed by atoms with Crippen LogP contribution in [0.15, 0.2) is 71.8 Å². The fourth-order valence-electron chi connectivity index (χ4n) is 4.10. The van der Waals surface area contributed by atoms with Crippen molar-refractivity contribution in [2.24, 2.45) is 0 Å². The second-order valence-electron chi connectivity index (χ2n) is 8.29. The maximum atomic E-state index is 2.50. The van der Waals surface area contributed by atoms with E-state index in [1.165, 1.54) is 18.1 Å². The van der Waals surface area contributed by atoms with Gasteiger partial charge in [-0.3, -0.25) is 0 Å². The minimum Gasteiger partial charge on any atom is -0.0767 e. The molecule has 0 radical (unpaired) electrons. The lowest BCUT2D eigenvalue weighted by atomic mass is 10.2. The summed E-state index contributed by atoms with van der Waals surface area (Å²) in [7, 11) is -2.73. The van der Waals surface area contributed by atoms with Crippen molar-refractivity contribution in [3.63, 3.8) is 0 Å². The Balaban J connectivity index is 2.04. The average molecular weight is 337 g/mol. The van der Waals surface area contributed by atoms with Crippen molar-refractivity contribution in [2.75, 3.05) is 0 Å². The third kappa shape index (κ3) is 3.43. The highest BCUT2D eigenvalue weighted by Gasteiger charge is 2.43. The van der Waals surface area contributed by atoms with Gasteiger partial charge in [0.15, 0.2) is 0 Å². The number of hydrogen-bond acceptors (Lipinski definition) is 0. The molecule has 0 unspecified atom stereocenters. The molecule has 1 aliphatic rings. The summed E-state index contributed by atoms with van der Waals surface area (Å²) >= 11 is 0. The molecule has 0 spiro atoms. The second-order valence-corrected chi connectivity index (χ2v) is 17.8. The molecule has 1 aliphatic heterocycles. The zero-order valence-corrected chi connectivity index (χ0v) is 16.9. The summed E-state index contributed by atoms with van der Waals surface area (Å²) in [5, 5.41) is 3.22. The second kappa shape index (κ2) is 6.25. The SMILES string of the molecule is CC1=C(C[Si](C)(C)C)C[Si](c2ccccc2)(c2ccccc2)C1. The Morgan fingerprint density at radius 1 is 0.783 bits per heavy atom. The first kappa shape index (κ1) is 16.5. The van der Waals surface area contributed by atoms with Gasteiger partial charge in [0.05, 0.1) is 0 Å². The van der Waals surface area contributed by atoms with Crippen LogP contribution in [-0.4, -0.2) is 16.1 Å². The average Bonchev–Trinajstić information content (AvgIpc) is 2.85. The van der Waals surface area contributed by atoms with Crippen molar-refractivity contribution in [3.05, 3.63) is 71.8 Å². The molecule has 2 aromatic carbocycles. The van der Waals surface area contributed by atoms with E-state index in [2.05, 4.69) is 87.2 Å². The van der Waals surface area contributed by atoms with Crippen LogP contribution >= 0.6 is 0 Å². The Morgan fingerprint density at radius 2 is 1.26 bits per heavy atom. The van der Waals surface area contributed by atoms with Gasteiger partial charge >= 0.3 is 0 Å². The highest BCUT2D eigenvalue weighted by Crippen LogP contribution is 2.39. The molecule has 1 heterocycles. The summed E-state index contributed by atoms with van der Waals surface area (Å²) < 4.78 is 0. The van der Waals surface area contributed by atoms with E-state index < -0.39 is 16.1 Å². The van der Waals surface area contributed by atoms with Crippen molar-refractivity contribution in [2.45, 2.75) is 44.7 Å². The van der Waals surface area contributed by atoms with Gasteiger partial charge in [-0.2, -0.15) is 0 Å². The van der Waals surface area contributed by atoms with E-state index in [1.807, 2.05) is 0 Å². The normalized spacial score (nSPS) is 17.6. The summed E-state index contributed by atoms with van der Waals surface area (Å²) in [4.78, 5) is 0. The molecule has 0 amide bonds. The molecule has 0 aromatic heterocycles. The first-order chi connectivity index (χ1) is 10.9. The molecule has 3 rings (SSSR count). The maximum absolute atomic E-state index is 2.50. The van der Waals surface area contributed by atoms with Gasteiger partial charge in [0, 0.05) is 8.07 Å². The van der Waals surface area contributed by atoms with E-state index in [1.54, 1.807) is 21.5 Å². The molecule has 2 aromatic rings. The minimum absolute atomic E-state index is 1.06. The standard InChI is InChI=1S/C21H28Si2/c1-18-15-23(20-11-7-5-8-12-20,21-13-9-6-10-14-21)17-19(18)16-22(2,3)4/h5-14H,15-17H2,1-4H3. The third-order valence-electron chi connectivity index (χ3n) is 5.08. The van der Waals surface area contributed by atoms with Crippen molar-refractivity contribution >= 4 is 26.5 Å². The van der Waals surface area contributed by atoms with Crippen LogP contribution in [0.3, 0.4) is 0 Å². The van der Waals surface area contributed by atoms with Crippen LogP contribution < -0.4 is 10.4 Å². The summed E-state index contributed by atoms with van der Waals surface area (Å²) in [5.74, 6) is 0. The Morgan fingerprint density at radius 3 is 1.70 bits per heavy atom. The lowest BCUT2D eigenvalue weighted by Gasteiger charge is -2.29. The fraction of sp³-hybridized carbons (Fsp3) is 0.333. The molecular formula is C21H28Si2. The van der Waals surface area contributed by atoms with Crippen LogP contribution in [0.25, 0.3) is 0 Å². The molecule has 0 atom stereocenters. The zero-order valence-electron chi connectivity index (χ0n) is 14.9. The summed E-state index contributed by atoms with van der Waals surface area (Å²) in [5.41, 5.74) is 3.47.